The van der Waals surface area contributed by atoms with Gasteiger partial charge in [0.2, 0.25) is 0 Å². The molecule has 0 amide bonds. The largest absolute Gasteiger partial charge is 0.0917 e. The van der Waals surface area contributed by atoms with Gasteiger partial charge in [-0.15, -0.1) is 0 Å². The Morgan fingerprint density at radius 3 is 0.389 bits per heavy atom. The Kier molecular flexibility index (Phi) is 51.5. The number of unbranched alkanes of at least 4 members (excludes halogenated alkanes) is 44. The van der Waals surface area contributed by atoms with Crippen molar-refractivity contribution >= 4 is 0 Å². The molecule has 0 nitrogen and oxygen atoms in total. The van der Waals surface area contributed by atoms with E-state index in [4.69, 9.17) is 0 Å². The lowest BCUT2D eigenvalue weighted by Crippen LogP contribution is -1.85. The summed E-state index contributed by atoms with van der Waals surface area (Å²) in [7, 11) is 0. The highest BCUT2D eigenvalue weighted by Crippen LogP contribution is 2.18. The van der Waals surface area contributed by atoms with Gasteiger partial charge in [0.15, 0.2) is 0 Å². The minimum atomic E-state index is 1.27. The standard InChI is InChI=1S/C54H104/c1-3-5-7-9-11-13-15-17-19-21-23-25-27-29-31-33-35-37-39-41-43-45-47-49-51-53-54-52-50-48-46-44-42-40-38-36-34-32-30-28-26-24-22-20-18-16-14-12-10-8-6-4-2/h3-6,19,21H,7-18,20,22-54H2,1-2H3. The summed E-state index contributed by atoms with van der Waals surface area (Å²) in [5.41, 5.74) is 0. The van der Waals surface area contributed by atoms with Gasteiger partial charge < -0.3 is 0 Å². The van der Waals surface area contributed by atoms with Gasteiger partial charge in [-0.1, -0.05) is 280 Å². The van der Waals surface area contributed by atoms with Gasteiger partial charge in [0.05, 0.1) is 0 Å². The van der Waals surface area contributed by atoms with Gasteiger partial charge in [0.1, 0.15) is 0 Å². The van der Waals surface area contributed by atoms with Crippen LogP contribution < -0.4 is 0 Å². The fraction of sp³-hybridized carbons (Fsp3) is 0.889. The molecule has 0 saturated carbocycles. The monoisotopic (exact) mass is 753 g/mol. The van der Waals surface area contributed by atoms with Gasteiger partial charge in [-0.2, -0.15) is 0 Å². The van der Waals surface area contributed by atoms with Crippen LogP contribution in [0.3, 0.4) is 0 Å². The Morgan fingerprint density at radius 1 is 0.148 bits per heavy atom. The van der Waals surface area contributed by atoms with Crippen molar-refractivity contribution in [1.82, 2.24) is 0 Å². The fourth-order valence-electron chi connectivity index (χ4n) is 8.34. The Balaban J connectivity index is 3.08. The predicted molar refractivity (Wildman–Crippen MR) is 251 cm³/mol. The zero-order chi connectivity index (χ0) is 38.8. The fourth-order valence-corrected chi connectivity index (χ4v) is 8.34. The third kappa shape index (κ3) is 51.2. The number of hydrogen-bond acceptors (Lipinski definition) is 0. The molecular formula is C54H104. The molecule has 0 fully saturated rings. The van der Waals surface area contributed by atoms with E-state index in [0.29, 0.717) is 0 Å². The van der Waals surface area contributed by atoms with Gasteiger partial charge in [-0.3, -0.25) is 0 Å². The maximum Gasteiger partial charge on any atom is -0.0351 e. The second-order valence-corrected chi connectivity index (χ2v) is 17.6. The predicted octanol–water partition coefficient (Wildman–Crippen LogP) is 20.6. The van der Waals surface area contributed by atoms with E-state index < -0.39 is 0 Å². The van der Waals surface area contributed by atoms with Crippen LogP contribution in [0, 0.1) is 0 Å². The molecule has 0 aromatic carbocycles. The van der Waals surface area contributed by atoms with E-state index in [-0.39, 0.29) is 0 Å². The lowest BCUT2D eigenvalue weighted by atomic mass is 10.0. The van der Waals surface area contributed by atoms with Gasteiger partial charge in [0, 0.05) is 0 Å². The van der Waals surface area contributed by atoms with Crippen LogP contribution in [0.1, 0.15) is 309 Å². The lowest BCUT2D eigenvalue weighted by molar-refractivity contribution is 0.510. The molecule has 0 unspecified atom stereocenters. The average Bonchev–Trinajstić information content (AvgIpc) is 3.18. The molecular weight excluding hydrogens is 649 g/mol. The molecule has 0 spiro atoms. The van der Waals surface area contributed by atoms with Crippen LogP contribution in [0.15, 0.2) is 36.5 Å². The van der Waals surface area contributed by atoms with Crippen LogP contribution in [0.2, 0.25) is 0 Å². The molecule has 0 atom stereocenters. The minimum Gasteiger partial charge on any atom is -0.0917 e. The summed E-state index contributed by atoms with van der Waals surface area (Å²) in [4.78, 5) is 0. The maximum atomic E-state index is 2.45. The molecule has 0 bridgehead atoms. The first-order chi connectivity index (χ1) is 26.9. The molecule has 320 valence electrons. The summed E-state index contributed by atoms with van der Waals surface area (Å²) >= 11 is 0. The second-order valence-electron chi connectivity index (χ2n) is 17.6. The van der Waals surface area contributed by atoms with Gasteiger partial charge in [0.25, 0.3) is 0 Å². The lowest BCUT2D eigenvalue weighted by Gasteiger charge is -2.05. The van der Waals surface area contributed by atoms with Gasteiger partial charge in [-0.05, 0) is 65.2 Å². The highest BCUT2D eigenvalue weighted by Gasteiger charge is 1.98. The molecule has 0 heteroatoms. The minimum absolute atomic E-state index is 1.27. The molecule has 0 aliphatic rings. The Bertz CT molecular complexity index is 712. The second kappa shape index (κ2) is 52.2. The van der Waals surface area contributed by atoms with Crippen molar-refractivity contribution in [3.05, 3.63) is 36.5 Å². The SMILES string of the molecule is CC=CCCCCCCC=CCCCCCCCCCCCCCCCCCCCCCCCCCCCCCCCCCCCCCCCCC=CC. The smallest absolute Gasteiger partial charge is 0.0351 e. The molecule has 0 aromatic heterocycles. The first kappa shape index (κ1) is 53.2. The zero-order valence-corrected chi connectivity index (χ0v) is 38.0. The molecule has 0 saturated heterocycles. The van der Waals surface area contributed by atoms with E-state index in [2.05, 4.69) is 50.3 Å². The summed E-state index contributed by atoms with van der Waals surface area (Å²) in [5.74, 6) is 0. The molecule has 0 aromatic rings. The number of allylic oxidation sites excluding steroid dienone is 6. The third-order valence-corrected chi connectivity index (χ3v) is 12.1. The normalized spacial score (nSPS) is 12.1. The summed E-state index contributed by atoms with van der Waals surface area (Å²) < 4.78 is 0. The topological polar surface area (TPSA) is 0 Å². The quantitative estimate of drug-likeness (QED) is 0.0429. The van der Waals surface area contributed by atoms with Crippen molar-refractivity contribution in [2.45, 2.75) is 309 Å². The summed E-state index contributed by atoms with van der Waals surface area (Å²) in [6.45, 7) is 4.25. The number of hydrogen-bond donors (Lipinski definition) is 0. The van der Waals surface area contributed by atoms with Crippen molar-refractivity contribution in [3.8, 4) is 0 Å². The van der Waals surface area contributed by atoms with Crippen LogP contribution in [-0.2, 0) is 0 Å². The van der Waals surface area contributed by atoms with Crippen LogP contribution in [0.5, 0.6) is 0 Å². The van der Waals surface area contributed by atoms with Crippen LogP contribution in [0.4, 0.5) is 0 Å². The Morgan fingerprint density at radius 2 is 0.259 bits per heavy atom. The first-order valence-corrected chi connectivity index (χ1v) is 25.8. The van der Waals surface area contributed by atoms with Crippen LogP contribution in [-0.4, -0.2) is 0 Å². The summed E-state index contributed by atoms with van der Waals surface area (Å²) in [5, 5.41) is 0. The van der Waals surface area contributed by atoms with Gasteiger partial charge >= 0.3 is 0 Å². The molecule has 54 heavy (non-hydrogen) atoms. The zero-order valence-electron chi connectivity index (χ0n) is 38.0. The van der Waals surface area contributed by atoms with Gasteiger partial charge in [-0.25, -0.2) is 0 Å². The van der Waals surface area contributed by atoms with E-state index in [9.17, 15) is 0 Å². The van der Waals surface area contributed by atoms with E-state index in [1.54, 1.807) is 0 Å². The first-order valence-electron chi connectivity index (χ1n) is 25.8. The van der Waals surface area contributed by atoms with Crippen LogP contribution in [0.25, 0.3) is 0 Å². The Labute approximate surface area is 344 Å². The molecule has 0 aliphatic heterocycles. The van der Waals surface area contributed by atoms with Crippen LogP contribution >= 0.6 is 0 Å². The molecule has 0 radical (unpaired) electrons. The van der Waals surface area contributed by atoms with Crippen molar-refractivity contribution in [3.63, 3.8) is 0 Å². The summed E-state index contributed by atoms with van der Waals surface area (Å²) in [6, 6.07) is 0. The van der Waals surface area contributed by atoms with Crippen molar-refractivity contribution < 1.29 is 0 Å². The number of rotatable bonds is 48. The van der Waals surface area contributed by atoms with Crippen molar-refractivity contribution in [2.75, 3.05) is 0 Å². The highest BCUT2D eigenvalue weighted by atomic mass is 14.0. The molecule has 0 heterocycles. The molecule has 0 N–H and O–H groups in total. The van der Waals surface area contributed by atoms with Crippen molar-refractivity contribution in [1.29, 1.82) is 0 Å². The Hall–Kier alpha value is -0.780. The highest BCUT2D eigenvalue weighted by molar-refractivity contribution is 4.81. The summed E-state index contributed by atoms with van der Waals surface area (Å²) in [6.07, 6.45) is 80.7. The van der Waals surface area contributed by atoms with E-state index >= 15 is 0 Å². The van der Waals surface area contributed by atoms with Crippen molar-refractivity contribution in [2.24, 2.45) is 0 Å². The van der Waals surface area contributed by atoms with E-state index in [1.165, 1.54) is 295 Å². The average molecular weight is 753 g/mol. The molecule has 0 rings (SSSR count). The van der Waals surface area contributed by atoms with E-state index in [1.807, 2.05) is 0 Å². The third-order valence-electron chi connectivity index (χ3n) is 12.1. The van der Waals surface area contributed by atoms with E-state index in [0.717, 1.165) is 0 Å². The maximum absolute atomic E-state index is 2.45. The molecule has 0 aliphatic carbocycles.